The Morgan fingerprint density at radius 1 is 1.13 bits per heavy atom. The molecule has 8 nitrogen and oxygen atoms in total. The summed E-state index contributed by atoms with van der Waals surface area (Å²) in [5.74, 6) is -0.141. The van der Waals surface area contributed by atoms with E-state index in [0.717, 1.165) is 67.8 Å². The number of anilines is 1. The number of likely N-dealkylation sites (N-methyl/N-ethyl adjacent to an activating group) is 1. The van der Waals surface area contributed by atoms with Crippen molar-refractivity contribution in [3.8, 4) is 17.2 Å². The van der Waals surface area contributed by atoms with Crippen LogP contribution in [0.25, 0.3) is 11.1 Å². The van der Waals surface area contributed by atoms with Gasteiger partial charge in [-0.3, -0.25) is 19.7 Å². The summed E-state index contributed by atoms with van der Waals surface area (Å²) < 4.78 is 1.86. The molecule has 0 bridgehead atoms. The molecule has 0 spiro atoms. The molecular formula is C30H31N7OS. The maximum atomic E-state index is 13.1. The van der Waals surface area contributed by atoms with Crippen LogP contribution in [0.5, 0.6) is 0 Å². The van der Waals surface area contributed by atoms with E-state index in [-0.39, 0.29) is 5.91 Å². The average Bonchev–Trinajstić information content (AvgIpc) is 3.60. The van der Waals surface area contributed by atoms with Crippen LogP contribution in [0.2, 0.25) is 0 Å². The van der Waals surface area contributed by atoms with E-state index in [4.69, 9.17) is 10.2 Å². The van der Waals surface area contributed by atoms with Gasteiger partial charge in [0.1, 0.15) is 0 Å². The Bertz CT molecular complexity index is 1510. The summed E-state index contributed by atoms with van der Waals surface area (Å²) in [5.41, 5.74) is 5.37. The summed E-state index contributed by atoms with van der Waals surface area (Å²) >= 11 is 1.62. The van der Waals surface area contributed by atoms with E-state index < -0.39 is 0 Å². The van der Waals surface area contributed by atoms with Crippen molar-refractivity contribution in [2.75, 3.05) is 38.5 Å². The third-order valence-corrected chi connectivity index (χ3v) is 8.74. The van der Waals surface area contributed by atoms with E-state index in [1.54, 1.807) is 23.5 Å². The molecule has 6 rings (SSSR count). The molecule has 2 aromatic heterocycles. The van der Waals surface area contributed by atoms with Gasteiger partial charge in [0.15, 0.2) is 5.13 Å². The van der Waals surface area contributed by atoms with Gasteiger partial charge in [-0.1, -0.05) is 24.3 Å². The predicted octanol–water partition coefficient (Wildman–Crippen LogP) is 4.28. The molecular weight excluding hydrogens is 506 g/mol. The van der Waals surface area contributed by atoms with E-state index in [0.29, 0.717) is 28.8 Å². The lowest BCUT2D eigenvalue weighted by Crippen LogP contribution is -2.50. The van der Waals surface area contributed by atoms with Gasteiger partial charge in [-0.05, 0) is 61.7 Å². The number of fused-ring (bicyclic) bond motifs is 1. The van der Waals surface area contributed by atoms with Crippen LogP contribution in [-0.4, -0.2) is 69.7 Å². The first-order chi connectivity index (χ1) is 19.0. The van der Waals surface area contributed by atoms with Crippen LogP contribution in [0.4, 0.5) is 5.13 Å². The highest BCUT2D eigenvalue weighted by molar-refractivity contribution is 7.15. The summed E-state index contributed by atoms with van der Waals surface area (Å²) in [4.78, 5) is 24.2. The van der Waals surface area contributed by atoms with Gasteiger partial charge < -0.3 is 4.90 Å². The number of carbonyl (C=O) groups excluding carboxylic acids is 1. The third-order valence-electron chi connectivity index (χ3n) is 7.70. The number of nitrogens with zero attached hydrogens (tertiary/aromatic N) is 6. The number of hydrogen-bond donors (Lipinski definition) is 1. The van der Waals surface area contributed by atoms with Gasteiger partial charge in [0.2, 0.25) is 0 Å². The van der Waals surface area contributed by atoms with Crippen LogP contribution in [-0.2, 0) is 19.4 Å². The first-order valence-corrected chi connectivity index (χ1v) is 14.2. The van der Waals surface area contributed by atoms with Gasteiger partial charge in [-0.2, -0.15) is 10.4 Å². The molecule has 3 heterocycles. The SMILES string of the molecule is CN1CCN([C@H]2CCc3nc(NC(=O)c4cccc(Cn5cc(-c6ccc(C#N)cc6)cn5)c4)sc3C2)CC1. The Kier molecular flexibility index (Phi) is 7.24. The van der Waals surface area contributed by atoms with Crippen molar-refractivity contribution in [2.24, 2.45) is 0 Å². The van der Waals surface area contributed by atoms with E-state index >= 15 is 0 Å². The number of amides is 1. The smallest absolute Gasteiger partial charge is 0.257 e. The molecule has 1 aliphatic heterocycles. The number of carbonyl (C=O) groups is 1. The van der Waals surface area contributed by atoms with Crippen LogP contribution in [0, 0.1) is 11.3 Å². The normalized spacial score (nSPS) is 17.9. The lowest BCUT2D eigenvalue weighted by molar-refractivity contribution is 0.102. The molecule has 1 N–H and O–H groups in total. The molecule has 0 unspecified atom stereocenters. The molecule has 1 amide bonds. The second-order valence-electron chi connectivity index (χ2n) is 10.4. The van der Waals surface area contributed by atoms with Crippen molar-refractivity contribution < 1.29 is 4.79 Å². The fourth-order valence-corrected chi connectivity index (χ4v) is 6.49. The molecule has 1 aliphatic carbocycles. The maximum Gasteiger partial charge on any atom is 0.257 e. The molecule has 1 atom stereocenters. The summed E-state index contributed by atoms with van der Waals surface area (Å²) in [5, 5.41) is 17.2. The zero-order chi connectivity index (χ0) is 26.8. The van der Waals surface area contributed by atoms with Gasteiger partial charge in [0.05, 0.1) is 30.1 Å². The topological polar surface area (TPSA) is 90.1 Å². The Hall–Kier alpha value is -3.84. The minimum atomic E-state index is -0.141. The summed E-state index contributed by atoms with van der Waals surface area (Å²) in [6, 6.07) is 17.8. The predicted molar refractivity (Wildman–Crippen MR) is 153 cm³/mol. The molecule has 0 radical (unpaired) electrons. The minimum Gasteiger partial charge on any atom is -0.304 e. The Balaban J connectivity index is 1.09. The lowest BCUT2D eigenvalue weighted by Gasteiger charge is -2.39. The number of hydrogen-bond acceptors (Lipinski definition) is 7. The number of piperazine rings is 1. The van der Waals surface area contributed by atoms with Crippen LogP contribution in [0.15, 0.2) is 60.9 Å². The molecule has 2 aliphatic rings. The van der Waals surface area contributed by atoms with Crippen LogP contribution in [0.3, 0.4) is 0 Å². The highest BCUT2D eigenvalue weighted by Crippen LogP contribution is 2.32. The minimum absolute atomic E-state index is 0.141. The fourth-order valence-electron chi connectivity index (χ4n) is 5.41. The van der Waals surface area contributed by atoms with Crippen molar-refractivity contribution in [3.63, 3.8) is 0 Å². The van der Waals surface area contributed by atoms with Gasteiger partial charge in [-0.25, -0.2) is 4.98 Å². The van der Waals surface area contributed by atoms with E-state index in [9.17, 15) is 4.79 Å². The standard InChI is InChI=1S/C30H31N7OS/c1-35-11-13-36(14-12-35)26-9-10-27-28(16-26)39-30(33-27)34-29(38)24-4-2-3-22(15-24)19-37-20-25(18-32-37)23-7-5-21(17-31)6-8-23/h2-8,15,18,20,26H,9-14,16,19H2,1H3,(H,33,34,38)/t26-/m0/s1. The Morgan fingerprint density at radius 2 is 1.95 bits per heavy atom. The van der Waals surface area contributed by atoms with Gasteiger partial charge in [0.25, 0.3) is 5.91 Å². The van der Waals surface area contributed by atoms with Crippen LogP contribution in [0.1, 0.15) is 38.5 Å². The highest BCUT2D eigenvalue weighted by Gasteiger charge is 2.29. The molecule has 1 fully saturated rings. The zero-order valence-corrected chi connectivity index (χ0v) is 22.8. The number of aryl methyl sites for hydroxylation is 1. The van der Waals surface area contributed by atoms with Crippen molar-refractivity contribution in [1.29, 1.82) is 5.26 Å². The first-order valence-electron chi connectivity index (χ1n) is 13.4. The van der Waals surface area contributed by atoms with E-state index in [1.165, 1.54) is 4.88 Å². The first kappa shape index (κ1) is 25.4. The van der Waals surface area contributed by atoms with E-state index in [1.807, 2.05) is 53.5 Å². The monoisotopic (exact) mass is 537 g/mol. The number of nitriles is 1. The van der Waals surface area contributed by atoms with Crippen LogP contribution < -0.4 is 5.32 Å². The van der Waals surface area contributed by atoms with Crippen molar-refractivity contribution in [2.45, 2.75) is 31.8 Å². The van der Waals surface area contributed by atoms with Gasteiger partial charge >= 0.3 is 0 Å². The molecule has 2 aromatic carbocycles. The van der Waals surface area contributed by atoms with E-state index in [2.05, 4.69) is 33.3 Å². The van der Waals surface area contributed by atoms with Crippen molar-refractivity contribution in [1.82, 2.24) is 24.6 Å². The third kappa shape index (κ3) is 5.78. The van der Waals surface area contributed by atoms with Crippen LogP contribution >= 0.6 is 11.3 Å². The quantitative estimate of drug-likeness (QED) is 0.395. The Labute approximate surface area is 232 Å². The molecule has 0 saturated carbocycles. The largest absolute Gasteiger partial charge is 0.304 e. The van der Waals surface area contributed by atoms with Crippen molar-refractivity contribution >= 4 is 22.4 Å². The molecule has 1 saturated heterocycles. The lowest BCUT2D eigenvalue weighted by atomic mass is 9.96. The number of thiazole rings is 1. The summed E-state index contributed by atoms with van der Waals surface area (Å²) in [7, 11) is 2.19. The second kappa shape index (κ2) is 11.1. The fraction of sp³-hybridized carbons (Fsp3) is 0.333. The van der Waals surface area contributed by atoms with Gasteiger partial charge in [-0.15, -0.1) is 11.3 Å². The average molecular weight is 538 g/mol. The van der Waals surface area contributed by atoms with Crippen molar-refractivity contribution in [3.05, 3.63) is 88.2 Å². The molecule has 39 heavy (non-hydrogen) atoms. The molecule has 9 heteroatoms. The number of benzene rings is 2. The maximum absolute atomic E-state index is 13.1. The number of nitrogens with one attached hydrogen (secondary N) is 1. The zero-order valence-electron chi connectivity index (χ0n) is 22.0. The summed E-state index contributed by atoms with van der Waals surface area (Å²) in [6.45, 7) is 5.07. The number of aromatic nitrogens is 3. The highest BCUT2D eigenvalue weighted by atomic mass is 32.1. The Morgan fingerprint density at radius 3 is 2.74 bits per heavy atom. The second-order valence-corrected chi connectivity index (χ2v) is 11.5. The number of rotatable bonds is 6. The summed E-state index contributed by atoms with van der Waals surface area (Å²) in [6.07, 6.45) is 6.93. The molecule has 198 valence electrons. The molecule has 4 aromatic rings. The van der Waals surface area contributed by atoms with Gasteiger partial charge in [0, 0.05) is 54.4 Å².